The molecule has 1 unspecified atom stereocenters. The van der Waals surface area contributed by atoms with Crippen LogP contribution in [-0.2, 0) is 11.3 Å². The van der Waals surface area contributed by atoms with Gasteiger partial charge in [-0.25, -0.2) is 0 Å². The molecule has 4 rings (SSSR count). The Hall–Kier alpha value is -2.62. The van der Waals surface area contributed by atoms with Crippen LogP contribution in [0.5, 0.6) is 0 Å². The summed E-state index contributed by atoms with van der Waals surface area (Å²) >= 11 is 0. The summed E-state index contributed by atoms with van der Waals surface area (Å²) in [6, 6.07) is 14.4. The van der Waals surface area contributed by atoms with Gasteiger partial charge >= 0.3 is 0 Å². The largest absolute Gasteiger partial charge is 0.355 e. The molecule has 23 heavy (non-hydrogen) atoms. The van der Waals surface area contributed by atoms with Crippen LogP contribution in [0.1, 0.15) is 33.8 Å². The van der Waals surface area contributed by atoms with E-state index >= 15 is 0 Å². The van der Waals surface area contributed by atoms with E-state index in [0.717, 1.165) is 28.8 Å². The Morgan fingerprint density at radius 2 is 1.78 bits per heavy atom. The van der Waals surface area contributed by atoms with Crippen molar-refractivity contribution in [2.75, 3.05) is 13.6 Å². The number of rotatable bonds is 2. The average molecular weight is 306 g/mol. The van der Waals surface area contributed by atoms with Gasteiger partial charge in [-0.2, -0.15) is 0 Å². The molecule has 4 heteroatoms. The molecular formula is C19H18N2O2. The summed E-state index contributed by atoms with van der Waals surface area (Å²) in [6.45, 7) is 1.40. The molecular weight excluding hydrogens is 288 g/mol. The lowest BCUT2D eigenvalue weighted by Crippen LogP contribution is -2.17. The molecule has 2 aliphatic heterocycles. The van der Waals surface area contributed by atoms with Gasteiger partial charge in [0.15, 0.2) is 0 Å². The number of amides is 2. The van der Waals surface area contributed by atoms with E-state index in [1.165, 1.54) is 5.56 Å². The molecule has 0 saturated carbocycles. The smallest absolute Gasteiger partial charge is 0.254 e. The van der Waals surface area contributed by atoms with Gasteiger partial charge in [0.25, 0.3) is 5.91 Å². The lowest BCUT2D eigenvalue weighted by Gasteiger charge is -2.09. The van der Waals surface area contributed by atoms with E-state index in [-0.39, 0.29) is 17.7 Å². The van der Waals surface area contributed by atoms with Crippen LogP contribution in [-0.4, -0.2) is 30.3 Å². The van der Waals surface area contributed by atoms with Crippen molar-refractivity contribution in [1.82, 2.24) is 10.2 Å². The molecule has 1 saturated heterocycles. The van der Waals surface area contributed by atoms with Crippen molar-refractivity contribution in [2.24, 2.45) is 0 Å². The maximum absolute atomic E-state index is 12.0. The predicted octanol–water partition coefficient (Wildman–Crippen LogP) is 2.54. The first-order valence-electron chi connectivity index (χ1n) is 7.87. The number of carbonyl (C=O) groups is 2. The van der Waals surface area contributed by atoms with Crippen LogP contribution < -0.4 is 5.32 Å². The first-order valence-corrected chi connectivity index (χ1v) is 7.87. The summed E-state index contributed by atoms with van der Waals surface area (Å²) in [5.74, 6) is 0.509. The molecule has 1 N–H and O–H groups in total. The summed E-state index contributed by atoms with van der Waals surface area (Å²) in [6.07, 6.45) is 0.576. The summed E-state index contributed by atoms with van der Waals surface area (Å²) in [7, 11) is 1.83. The second-order valence-electron chi connectivity index (χ2n) is 6.36. The number of nitrogens with one attached hydrogen (secondary N) is 1. The molecule has 2 heterocycles. The molecule has 0 radical (unpaired) electrons. The molecule has 0 spiro atoms. The Kier molecular flexibility index (Phi) is 3.18. The van der Waals surface area contributed by atoms with E-state index in [4.69, 9.17) is 0 Å². The van der Waals surface area contributed by atoms with Gasteiger partial charge in [0.1, 0.15) is 0 Å². The zero-order valence-electron chi connectivity index (χ0n) is 13.0. The Morgan fingerprint density at radius 1 is 1.04 bits per heavy atom. The van der Waals surface area contributed by atoms with E-state index in [9.17, 15) is 9.59 Å². The Labute approximate surface area is 135 Å². The Bertz CT molecular complexity index is 796. The van der Waals surface area contributed by atoms with Crippen molar-refractivity contribution in [3.63, 3.8) is 0 Å². The minimum atomic E-state index is 0.0975. The van der Waals surface area contributed by atoms with Gasteiger partial charge in [-0.1, -0.05) is 30.3 Å². The fourth-order valence-corrected chi connectivity index (χ4v) is 3.43. The van der Waals surface area contributed by atoms with Crippen molar-refractivity contribution < 1.29 is 9.59 Å². The van der Waals surface area contributed by atoms with Crippen molar-refractivity contribution in [1.29, 1.82) is 0 Å². The topological polar surface area (TPSA) is 49.4 Å². The number of fused-ring (bicyclic) bond motifs is 1. The highest BCUT2D eigenvalue weighted by Gasteiger charge is 2.25. The molecule has 4 nitrogen and oxygen atoms in total. The molecule has 0 aliphatic carbocycles. The molecule has 116 valence electrons. The SMILES string of the molecule is CN1Cc2cc(-c3ccc(C4CNC(=O)C4)cc3)ccc2C1=O. The predicted molar refractivity (Wildman–Crippen MR) is 88.0 cm³/mol. The monoisotopic (exact) mass is 306 g/mol. The number of hydrogen-bond donors (Lipinski definition) is 1. The highest BCUT2D eigenvalue weighted by molar-refractivity contribution is 5.98. The van der Waals surface area contributed by atoms with Crippen molar-refractivity contribution in [2.45, 2.75) is 18.9 Å². The minimum Gasteiger partial charge on any atom is -0.355 e. The number of benzene rings is 2. The van der Waals surface area contributed by atoms with Crippen molar-refractivity contribution in [3.05, 3.63) is 59.2 Å². The van der Waals surface area contributed by atoms with Gasteiger partial charge < -0.3 is 10.2 Å². The van der Waals surface area contributed by atoms with E-state index < -0.39 is 0 Å². The lowest BCUT2D eigenvalue weighted by molar-refractivity contribution is -0.119. The zero-order chi connectivity index (χ0) is 16.0. The van der Waals surface area contributed by atoms with Crippen LogP contribution in [0.4, 0.5) is 0 Å². The first-order chi connectivity index (χ1) is 11.1. The van der Waals surface area contributed by atoms with Gasteiger partial charge in [0, 0.05) is 38.0 Å². The first kappa shape index (κ1) is 14.0. The third-order valence-electron chi connectivity index (χ3n) is 4.78. The second-order valence-corrected chi connectivity index (χ2v) is 6.36. The van der Waals surface area contributed by atoms with Gasteiger partial charge in [-0.3, -0.25) is 9.59 Å². The second kappa shape index (κ2) is 5.23. The van der Waals surface area contributed by atoms with Gasteiger partial charge in [0.2, 0.25) is 5.91 Å². The van der Waals surface area contributed by atoms with Crippen LogP contribution in [0.2, 0.25) is 0 Å². The summed E-state index contributed by atoms with van der Waals surface area (Å²) in [5, 5.41) is 2.88. The Balaban J connectivity index is 1.61. The van der Waals surface area contributed by atoms with Crippen LogP contribution in [0.25, 0.3) is 11.1 Å². The third-order valence-corrected chi connectivity index (χ3v) is 4.78. The van der Waals surface area contributed by atoms with Crippen LogP contribution in [0, 0.1) is 0 Å². The van der Waals surface area contributed by atoms with Crippen LogP contribution in [0.15, 0.2) is 42.5 Å². The summed E-state index contributed by atoms with van der Waals surface area (Å²) in [5.41, 5.74) is 5.35. The molecule has 2 aromatic carbocycles. The van der Waals surface area contributed by atoms with Gasteiger partial charge in [-0.15, -0.1) is 0 Å². The van der Waals surface area contributed by atoms with Gasteiger partial charge in [0.05, 0.1) is 0 Å². The fourth-order valence-electron chi connectivity index (χ4n) is 3.43. The normalized spacial score (nSPS) is 19.9. The van der Waals surface area contributed by atoms with Crippen LogP contribution >= 0.6 is 0 Å². The van der Waals surface area contributed by atoms with E-state index in [0.29, 0.717) is 13.0 Å². The Morgan fingerprint density at radius 3 is 2.48 bits per heavy atom. The third kappa shape index (κ3) is 2.40. The molecule has 0 aromatic heterocycles. The quantitative estimate of drug-likeness (QED) is 0.927. The number of carbonyl (C=O) groups excluding carboxylic acids is 2. The maximum atomic E-state index is 12.0. The lowest BCUT2D eigenvalue weighted by atomic mass is 9.94. The van der Waals surface area contributed by atoms with E-state index in [1.54, 1.807) is 4.90 Å². The van der Waals surface area contributed by atoms with Gasteiger partial charge in [-0.05, 0) is 34.4 Å². The summed E-state index contributed by atoms with van der Waals surface area (Å²) in [4.78, 5) is 25.0. The van der Waals surface area contributed by atoms with Crippen LogP contribution in [0.3, 0.4) is 0 Å². The molecule has 0 bridgehead atoms. The summed E-state index contributed by atoms with van der Waals surface area (Å²) < 4.78 is 0. The van der Waals surface area contributed by atoms with E-state index in [1.807, 2.05) is 19.2 Å². The highest BCUT2D eigenvalue weighted by atomic mass is 16.2. The van der Waals surface area contributed by atoms with Crippen molar-refractivity contribution in [3.8, 4) is 11.1 Å². The maximum Gasteiger partial charge on any atom is 0.254 e. The zero-order valence-corrected chi connectivity index (χ0v) is 13.0. The minimum absolute atomic E-state index is 0.0975. The number of nitrogens with zero attached hydrogens (tertiary/aromatic N) is 1. The molecule has 1 fully saturated rings. The van der Waals surface area contributed by atoms with Crippen molar-refractivity contribution >= 4 is 11.8 Å². The highest BCUT2D eigenvalue weighted by Crippen LogP contribution is 2.30. The number of hydrogen-bond acceptors (Lipinski definition) is 2. The molecule has 2 aliphatic rings. The fraction of sp³-hybridized carbons (Fsp3) is 0.263. The molecule has 2 amide bonds. The molecule has 2 aromatic rings. The van der Waals surface area contributed by atoms with E-state index in [2.05, 4.69) is 35.6 Å². The average Bonchev–Trinajstić information content (AvgIpc) is 3.11. The standard InChI is InChI=1S/C19H18N2O2/c1-21-11-16-8-14(6-7-17(16)19(21)23)12-2-4-13(5-3-12)15-9-18(22)20-10-15/h2-8,15H,9-11H2,1H3,(H,20,22). The molecule has 1 atom stereocenters.